The maximum Gasteiger partial charge on any atom is 0.137 e. The molecule has 19 heavy (non-hydrogen) atoms. The SMILES string of the molecule is Cc1ccccc1C(CCl)Cc1ccc(F)c(Br)c1. The third-order valence-corrected chi connectivity index (χ3v) is 4.26. The van der Waals surface area contributed by atoms with Crippen LogP contribution in [0.1, 0.15) is 22.6 Å². The van der Waals surface area contributed by atoms with Gasteiger partial charge in [-0.2, -0.15) is 0 Å². The van der Waals surface area contributed by atoms with Crippen LogP contribution in [0.3, 0.4) is 0 Å². The van der Waals surface area contributed by atoms with Crippen LogP contribution in [0.25, 0.3) is 0 Å². The molecule has 0 bridgehead atoms. The standard InChI is InChI=1S/C16H15BrClF/c1-11-4-2-3-5-14(11)13(10-18)8-12-6-7-16(19)15(17)9-12/h2-7,9,13H,8,10H2,1H3. The molecule has 0 aliphatic rings. The minimum absolute atomic E-state index is 0.234. The number of hydrogen-bond acceptors (Lipinski definition) is 0. The van der Waals surface area contributed by atoms with E-state index in [0.717, 1.165) is 12.0 Å². The third-order valence-electron chi connectivity index (χ3n) is 3.28. The van der Waals surface area contributed by atoms with Crippen molar-refractivity contribution < 1.29 is 4.39 Å². The molecule has 0 nitrogen and oxygen atoms in total. The molecule has 3 heteroatoms. The zero-order valence-corrected chi connectivity index (χ0v) is 13.0. The van der Waals surface area contributed by atoms with Gasteiger partial charge in [0.2, 0.25) is 0 Å². The number of benzene rings is 2. The quantitative estimate of drug-likeness (QED) is 0.648. The van der Waals surface area contributed by atoms with Crippen LogP contribution in [0, 0.1) is 12.7 Å². The molecule has 0 radical (unpaired) electrons. The van der Waals surface area contributed by atoms with Gasteiger partial charge in [-0.1, -0.05) is 30.3 Å². The smallest absolute Gasteiger partial charge is 0.137 e. The van der Waals surface area contributed by atoms with Crippen molar-refractivity contribution in [3.05, 3.63) is 69.4 Å². The van der Waals surface area contributed by atoms with Crippen LogP contribution >= 0.6 is 27.5 Å². The van der Waals surface area contributed by atoms with Crippen molar-refractivity contribution in [3.8, 4) is 0 Å². The summed E-state index contributed by atoms with van der Waals surface area (Å²) in [6, 6.07) is 13.4. The fourth-order valence-electron chi connectivity index (χ4n) is 2.24. The highest BCUT2D eigenvalue weighted by molar-refractivity contribution is 9.10. The Morgan fingerprint density at radius 3 is 2.58 bits per heavy atom. The van der Waals surface area contributed by atoms with E-state index in [2.05, 4.69) is 35.0 Å². The predicted molar refractivity (Wildman–Crippen MR) is 82.4 cm³/mol. The number of alkyl halides is 1. The molecule has 100 valence electrons. The topological polar surface area (TPSA) is 0 Å². The Hall–Kier alpha value is -0.860. The Kier molecular flexibility index (Phi) is 5.00. The number of hydrogen-bond donors (Lipinski definition) is 0. The number of aryl methyl sites for hydroxylation is 1. The summed E-state index contributed by atoms with van der Waals surface area (Å²) in [5.74, 6) is 0.571. The molecule has 0 N–H and O–H groups in total. The Labute approximate surface area is 126 Å². The first-order valence-corrected chi connectivity index (χ1v) is 7.50. The van der Waals surface area contributed by atoms with Gasteiger partial charge in [-0.05, 0) is 58.1 Å². The van der Waals surface area contributed by atoms with Crippen LogP contribution in [0.15, 0.2) is 46.9 Å². The zero-order chi connectivity index (χ0) is 13.8. The molecule has 0 aliphatic heterocycles. The van der Waals surface area contributed by atoms with Crippen molar-refractivity contribution >= 4 is 27.5 Å². The van der Waals surface area contributed by atoms with Crippen molar-refractivity contribution in [2.75, 3.05) is 5.88 Å². The van der Waals surface area contributed by atoms with Gasteiger partial charge in [0.15, 0.2) is 0 Å². The van der Waals surface area contributed by atoms with E-state index in [0.29, 0.717) is 10.4 Å². The van der Waals surface area contributed by atoms with Gasteiger partial charge in [0, 0.05) is 11.8 Å². The van der Waals surface area contributed by atoms with E-state index in [1.807, 2.05) is 24.3 Å². The lowest BCUT2D eigenvalue weighted by molar-refractivity contribution is 0.619. The second-order valence-electron chi connectivity index (χ2n) is 4.66. The minimum Gasteiger partial charge on any atom is -0.206 e. The molecule has 2 rings (SSSR count). The fourth-order valence-corrected chi connectivity index (χ4v) is 2.95. The second-order valence-corrected chi connectivity index (χ2v) is 5.82. The lowest BCUT2D eigenvalue weighted by Crippen LogP contribution is -2.06. The summed E-state index contributed by atoms with van der Waals surface area (Å²) in [6.45, 7) is 2.09. The van der Waals surface area contributed by atoms with Crippen molar-refractivity contribution in [1.82, 2.24) is 0 Å². The fraction of sp³-hybridized carbons (Fsp3) is 0.250. The van der Waals surface area contributed by atoms with E-state index in [-0.39, 0.29) is 11.7 Å². The van der Waals surface area contributed by atoms with Crippen LogP contribution in [0.5, 0.6) is 0 Å². The largest absolute Gasteiger partial charge is 0.206 e. The number of rotatable bonds is 4. The molecule has 2 aromatic carbocycles. The number of halogens is 3. The van der Waals surface area contributed by atoms with E-state index in [1.54, 1.807) is 0 Å². The van der Waals surface area contributed by atoms with Gasteiger partial charge in [0.05, 0.1) is 4.47 Å². The van der Waals surface area contributed by atoms with Crippen LogP contribution < -0.4 is 0 Å². The molecule has 0 spiro atoms. The first kappa shape index (κ1) is 14.5. The molecular weight excluding hydrogens is 327 g/mol. The molecule has 0 fully saturated rings. The highest BCUT2D eigenvalue weighted by Gasteiger charge is 2.14. The molecule has 0 aromatic heterocycles. The molecule has 0 aliphatic carbocycles. The molecule has 1 atom stereocenters. The second kappa shape index (κ2) is 6.53. The summed E-state index contributed by atoms with van der Waals surface area (Å²) in [4.78, 5) is 0. The van der Waals surface area contributed by atoms with Crippen LogP contribution in [-0.4, -0.2) is 5.88 Å². The van der Waals surface area contributed by atoms with Crippen molar-refractivity contribution in [2.24, 2.45) is 0 Å². The van der Waals surface area contributed by atoms with Gasteiger partial charge in [-0.3, -0.25) is 0 Å². The summed E-state index contributed by atoms with van der Waals surface area (Å²) in [6.07, 6.45) is 0.813. The Balaban J connectivity index is 2.24. The van der Waals surface area contributed by atoms with Gasteiger partial charge in [0.25, 0.3) is 0 Å². The van der Waals surface area contributed by atoms with Gasteiger partial charge in [-0.15, -0.1) is 11.6 Å². The zero-order valence-electron chi connectivity index (χ0n) is 10.7. The first-order valence-electron chi connectivity index (χ1n) is 6.17. The first-order chi connectivity index (χ1) is 9.11. The van der Waals surface area contributed by atoms with E-state index >= 15 is 0 Å². The average Bonchev–Trinajstić information content (AvgIpc) is 2.41. The predicted octanol–water partition coefficient (Wildman–Crippen LogP) is 5.46. The highest BCUT2D eigenvalue weighted by atomic mass is 79.9. The van der Waals surface area contributed by atoms with Crippen LogP contribution in [0.2, 0.25) is 0 Å². The summed E-state index contributed by atoms with van der Waals surface area (Å²) >= 11 is 9.33. The monoisotopic (exact) mass is 340 g/mol. The maximum absolute atomic E-state index is 13.2. The minimum atomic E-state index is -0.234. The molecule has 0 saturated carbocycles. The van der Waals surface area contributed by atoms with Crippen LogP contribution in [-0.2, 0) is 6.42 Å². The van der Waals surface area contributed by atoms with E-state index in [9.17, 15) is 4.39 Å². The average molecular weight is 342 g/mol. The van der Waals surface area contributed by atoms with Gasteiger partial charge < -0.3 is 0 Å². The van der Waals surface area contributed by atoms with Gasteiger partial charge in [0.1, 0.15) is 5.82 Å². The Morgan fingerprint density at radius 1 is 1.21 bits per heavy atom. The Bertz CT molecular complexity index is 568. The summed E-state index contributed by atoms with van der Waals surface area (Å²) in [5.41, 5.74) is 3.59. The highest BCUT2D eigenvalue weighted by Crippen LogP contribution is 2.27. The molecule has 0 heterocycles. The van der Waals surface area contributed by atoms with E-state index in [1.165, 1.54) is 17.2 Å². The maximum atomic E-state index is 13.2. The van der Waals surface area contributed by atoms with Crippen molar-refractivity contribution in [1.29, 1.82) is 0 Å². The van der Waals surface area contributed by atoms with Crippen LogP contribution in [0.4, 0.5) is 4.39 Å². The van der Waals surface area contributed by atoms with Crippen molar-refractivity contribution in [2.45, 2.75) is 19.3 Å². The van der Waals surface area contributed by atoms with E-state index in [4.69, 9.17) is 11.6 Å². The molecule has 1 unspecified atom stereocenters. The summed E-state index contributed by atoms with van der Waals surface area (Å²) < 4.78 is 13.7. The van der Waals surface area contributed by atoms with Gasteiger partial charge in [-0.25, -0.2) is 4.39 Å². The molecule has 0 saturated heterocycles. The Morgan fingerprint density at radius 2 is 1.95 bits per heavy atom. The van der Waals surface area contributed by atoms with Crippen molar-refractivity contribution in [3.63, 3.8) is 0 Å². The molecular formula is C16H15BrClF. The van der Waals surface area contributed by atoms with E-state index < -0.39 is 0 Å². The third kappa shape index (κ3) is 3.58. The molecule has 0 amide bonds. The lowest BCUT2D eigenvalue weighted by atomic mass is 9.90. The summed E-state index contributed by atoms with van der Waals surface area (Å²) in [5, 5.41) is 0. The van der Waals surface area contributed by atoms with Gasteiger partial charge >= 0.3 is 0 Å². The summed E-state index contributed by atoms with van der Waals surface area (Å²) in [7, 11) is 0. The molecule has 2 aromatic rings. The normalized spacial score (nSPS) is 12.4. The lowest BCUT2D eigenvalue weighted by Gasteiger charge is -2.17.